The highest BCUT2D eigenvalue weighted by Gasteiger charge is 2.49. The van der Waals surface area contributed by atoms with Gasteiger partial charge in [0, 0.05) is 59.1 Å². The van der Waals surface area contributed by atoms with E-state index in [4.69, 9.17) is 4.74 Å². The fraction of sp³-hybridized carbons (Fsp3) is 0.0169. The number of rotatable bonds is 4. The van der Waals surface area contributed by atoms with Crippen LogP contribution in [0.1, 0.15) is 22.3 Å². The lowest BCUT2D eigenvalue weighted by atomic mass is 9.58. The van der Waals surface area contributed by atoms with Gasteiger partial charge in [0.25, 0.3) is 0 Å². The summed E-state index contributed by atoms with van der Waals surface area (Å²) in [5.41, 5.74) is 13.5. The first-order chi connectivity index (χ1) is 31.3. The van der Waals surface area contributed by atoms with Gasteiger partial charge in [-0.05, 0) is 112 Å². The van der Waals surface area contributed by atoms with Crippen LogP contribution in [0.2, 0.25) is 0 Å². The third-order valence-electron chi connectivity index (χ3n) is 13.6. The number of benzene rings is 10. The Labute approximate surface area is 367 Å². The molecule has 1 atom stereocenters. The van der Waals surface area contributed by atoms with Crippen LogP contribution in [-0.4, -0.2) is 4.57 Å². The first kappa shape index (κ1) is 34.8. The molecule has 14 rings (SSSR count). The van der Waals surface area contributed by atoms with Crippen molar-refractivity contribution in [3.63, 3.8) is 0 Å². The predicted molar refractivity (Wildman–Crippen MR) is 263 cm³/mol. The summed E-state index contributed by atoms with van der Waals surface area (Å²) in [6, 6.07) is 80.2. The quantitative estimate of drug-likeness (QED) is 0.176. The molecule has 0 amide bonds. The number of nitrogens with zero attached hydrogens (tertiary/aromatic N) is 2. The molecular weight excluding hydrogens is 785 g/mol. The second-order valence-corrected chi connectivity index (χ2v) is 17.8. The van der Waals surface area contributed by atoms with Gasteiger partial charge < -0.3 is 14.2 Å². The van der Waals surface area contributed by atoms with Crippen LogP contribution in [-0.2, 0) is 5.41 Å². The molecule has 1 aliphatic heterocycles. The molecule has 1 aliphatic carbocycles. The minimum Gasteiger partial charge on any atom is -0.457 e. The monoisotopic (exact) mass is 820 g/mol. The molecule has 0 bridgehead atoms. The van der Waals surface area contributed by atoms with Gasteiger partial charge in [0.1, 0.15) is 11.5 Å². The summed E-state index contributed by atoms with van der Waals surface area (Å²) >= 11 is 1.86. The van der Waals surface area contributed by atoms with E-state index in [2.05, 4.69) is 228 Å². The minimum atomic E-state index is -0.642. The molecule has 0 saturated heterocycles. The van der Waals surface area contributed by atoms with Crippen molar-refractivity contribution < 1.29 is 4.74 Å². The zero-order valence-corrected chi connectivity index (χ0v) is 34.8. The Bertz CT molecular complexity index is 3860. The minimum absolute atomic E-state index is 0.642. The van der Waals surface area contributed by atoms with Crippen molar-refractivity contribution in [2.75, 3.05) is 4.90 Å². The molecule has 10 aromatic carbocycles. The number of hydrogen-bond donors (Lipinski definition) is 0. The number of para-hydroxylation sites is 3. The Balaban J connectivity index is 1.03. The molecule has 12 aromatic rings. The van der Waals surface area contributed by atoms with Crippen LogP contribution in [0, 0.1) is 0 Å². The van der Waals surface area contributed by atoms with Crippen molar-refractivity contribution in [2.45, 2.75) is 5.41 Å². The van der Waals surface area contributed by atoms with E-state index in [0.29, 0.717) is 0 Å². The van der Waals surface area contributed by atoms with E-state index in [1.165, 1.54) is 80.7 Å². The van der Waals surface area contributed by atoms with Gasteiger partial charge in [0.2, 0.25) is 0 Å². The zero-order chi connectivity index (χ0) is 41.2. The maximum Gasteiger partial charge on any atom is 0.132 e. The summed E-state index contributed by atoms with van der Waals surface area (Å²) in [6.07, 6.45) is 0. The summed E-state index contributed by atoms with van der Waals surface area (Å²) in [7, 11) is 0. The van der Waals surface area contributed by atoms with Crippen LogP contribution in [0.15, 0.2) is 218 Å². The van der Waals surface area contributed by atoms with Gasteiger partial charge >= 0.3 is 0 Å². The van der Waals surface area contributed by atoms with E-state index in [0.717, 1.165) is 39.7 Å². The largest absolute Gasteiger partial charge is 0.457 e. The van der Waals surface area contributed by atoms with Crippen LogP contribution >= 0.6 is 11.3 Å². The van der Waals surface area contributed by atoms with Crippen molar-refractivity contribution in [3.05, 3.63) is 241 Å². The SMILES string of the molecule is c1ccc(N(c2ccc3c(c2)C2(c4ccccc4O3)c3ccccc3-c3cccc4cccc2c34)c2ccc3c(c2)c2ccccc2n3-c2cccc3sc4ccccc4c23)cc1. The van der Waals surface area contributed by atoms with Crippen molar-refractivity contribution in [1.82, 2.24) is 4.57 Å². The molecule has 4 heteroatoms. The van der Waals surface area contributed by atoms with Crippen molar-refractivity contribution in [3.8, 4) is 28.3 Å². The molecule has 0 N–H and O–H groups in total. The van der Waals surface area contributed by atoms with Crippen LogP contribution in [0.25, 0.3) is 69.6 Å². The lowest BCUT2D eigenvalue weighted by molar-refractivity contribution is 0.435. The van der Waals surface area contributed by atoms with Gasteiger partial charge in [-0.25, -0.2) is 0 Å². The van der Waals surface area contributed by atoms with Gasteiger partial charge in [0.15, 0.2) is 0 Å². The molecule has 2 aliphatic rings. The second-order valence-electron chi connectivity index (χ2n) is 16.8. The third kappa shape index (κ3) is 4.73. The Morgan fingerprint density at radius 1 is 0.397 bits per heavy atom. The molecule has 3 heterocycles. The summed E-state index contributed by atoms with van der Waals surface area (Å²) in [6.45, 7) is 0. The fourth-order valence-corrected chi connectivity index (χ4v) is 12.3. The highest BCUT2D eigenvalue weighted by Crippen LogP contribution is 2.62. The van der Waals surface area contributed by atoms with Gasteiger partial charge in [0.05, 0.1) is 22.1 Å². The summed E-state index contributed by atoms with van der Waals surface area (Å²) in [5, 5.41) is 7.55. The summed E-state index contributed by atoms with van der Waals surface area (Å²) in [4.78, 5) is 2.41. The van der Waals surface area contributed by atoms with Gasteiger partial charge in [-0.3, -0.25) is 0 Å². The lowest BCUT2D eigenvalue weighted by Crippen LogP contribution is -2.36. The normalized spacial score (nSPS) is 14.9. The predicted octanol–water partition coefficient (Wildman–Crippen LogP) is 16.2. The van der Waals surface area contributed by atoms with Crippen molar-refractivity contribution >= 4 is 81.1 Å². The van der Waals surface area contributed by atoms with Crippen molar-refractivity contribution in [2.24, 2.45) is 0 Å². The third-order valence-corrected chi connectivity index (χ3v) is 14.8. The van der Waals surface area contributed by atoms with E-state index < -0.39 is 5.41 Å². The average Bonchev–Trinajstić information content (AvgIpc) is 3.89. The standard InChI is InChI=1S/C59H36N2OS/c1-2-17-38(18-3-1)60(39-31-33-51-45(35-39)42-20-5-9-26-50(42)61(51)52-27-14-30-56-58(52)44-21-6-11-29-55(44)63-56)40-32-34-54-49(36-40)59(47-24-8-10-28-53(47)62-54)46-23-7-4-19-41(46)43-22-12-15-37-16-13-25-48(59)57(37)43/h1-36H. The zero-order valence-electron chi connectivity index (χ0n) is 34.0. The van der Waals surface area contributed by atoms with Crippen LogP contribution in [0.5, 0.6) is 11.5 Å². The molecule has 3 nitrogen and oxygen atoms in total. The van der Waals surface area contributed by atoms with Gasteiger partial charge in [-0.15, -0.1) is 11.3 Å². The first-order valence-corrected chi connectivity index (χ1v) is 22.4. The maximum atomic E-state index is 6.93. The van der Waals surface area contributed by atoms with Crippen molar-refractivity contribution in [1.29, 1.82) is 0 Å². The van der Waals surface area contributed by atoms with Gasteiger partial charge in [-0.2, -0.15) is 0 Å². The van der Waals surface area contributed by atoms with E-state index in [1.54, 1.807) is 0 Å². The molecule has 1 spiro atoms. The number of fused-ring (bicyclic) bond motifs is 14. The number of anilines is 3. The molecule has 0 fully saturated rings. The maximum absolute atomic E-state index is 6.93. The Morgan fingerprint density at radius 3 is 1.97 bits per heavy atom. The molecular formula is C59H36N2OS. The summed E-state index contributed by atoms with van der Waals surface area (Å²) < 4.78 is 12.0. The van der Waals surface area contributed by atoms with Crippen LogP contribution < -0.4 is 9.64 Å². The Hall–Kier alpha value is -7.92. The van der Waals surface area contributed by atoms with Gasteiger partial charge in [-0.1, -0.05) is 140 Å². The number of hydrogen-bond acceptors (Lipinski definition) is 3. The molecule has 294 valence electrons. The number of thiophene rings is 1. The van der Waals surface area contributed by atoms with E-state index in [-0.39, 0.29) is 0 Å². The number of ether oxygens (including phenoxy) is 1. The first-order valence-electron chi connectivity index (χ1n) is 21.6. The molecule has 0 radical (unpaired) electrons. The molecule has 2 aromatic heterocycles. The van der Waals surface area contributed by atoms with E-state index >= 15 is 0 Å². The Morgan fingerprint density at radius 2 is 1.05 bits per heavy atom. The van der Waals surface area contributed by atoms with E-state index in [9.17, 15) is 0 Å². The average molecular weight is 821 g/mol. The van der Waals surface area contributed by atoms with Crippen LogP contribution in [0.3, 0.4) is 0 Å². The highest BCUT2D eigenvalue weighted by molar-refractivity contribution is 7.25. The van der Waals surface area contributed by atoms with E-state index in [1.807, 2.05) is 11.3 Å². The molecule has 1 unspecified atom stereocenters. The highest BCUT2D eigenvalue weighted by atomic mass is 32.1. The fourth-order valence-electron chi connectivity index (χ4n) is 11.1. The summed E-state index contributed by atoms with van der Waals surface area (Å²) in [5.74, 6) is 1.75. The topological polar surface area (TPSA) is 17.4 Å². The Kier molecular flexibility index (Phi) is 7.20. The van der Waals surface area contributed by atoms with Crippen LogP contribution in [0.4, 0.5) is 17.1 Å². The lowest BCUT2D eigenvalue weighted by Gasteiger charge is -2.45. The molecule has 63 heavy (non-hydrogen) atoms. The smallest absolute Gasteiger partial charge is 0.132 e. The second kappa shape index (κ2) is 13.0. The number of aromatic nitrogens is 1. The molecule has 0 saturated carbocycles.